The van der Waals surface area contributed by atoms with Gasteiger partial charge in [0.15, 0.2) is 0 Å². The molecular formula is C13H15FO4. The molecule has 0 aliphatic heterocycles. The minimum atomic E-state index is -0.494. The van der Waals surface area contributed by atoms with Crippen molar-refractivity contribution in [3.8, 4) is 0 Å². The number of rotatable bonds is 4. The summed E-state index contributed by atoms with van der Waals surface area (Å²) < 4.78 is 18.3. The van der Waals surface area contributed by atoms with Gasteiger partial charge in [0, 0.05) is 5.56 Å². The van der Waals surface area contributed by atoms with E-state index in [0.29, 0.717) is 18.6 Å². The van der Waals surface area contributed by atoms with Crippen LogP contribution in [-0.2, 0) is 19.1 Å². The molecule has 4 nitrogen and oxygen atoms in total. The molecule has 1 rings (SSSR count). The first kappa shape index (κ1) is 16.0. The molecule has 18 heavy (non-hydrogen) atoms. The molecule has 1 aromatic rings. The summed E-state index contributed by atoms with van der Waals surface area (Å²) in [7, 11) is 0. The van der Waals surface area contributed by atoms with E-state index in [9.17, 15) is 9.18 Å². The average molecular weight is 254 g/mol. The fourth-order valence-electron chi connectivity index (χ4n) is 1.51. The highest BCUT2D eigenvalue weighted by Gasteiger charge is 2.22. The molecular weight excluding hydrogens is 239 g/mol. The van der Waals surface area contributed by atoms with Crippen molar-refractivity contribution in [2.24, 2.45) is 0 Å². The molecule has 1 aromatic carbocycles. The number of carbonyl (C=O) groups is 1. The van der Waals surface area contributed by atoms with E-state index < -0.39 is 5.92 Å². The number of esters is 1. The van der Waals surface area contributed by atoms with Crippen molar-refractivity contribution in [2.45, 2.75) is 26.2 Å². The molecule has 0 fully saturated rings. The fraction of sp³-hybridized carbons (Fsp3) is 0.385. The molecule has 0 N–H and O–H groups in total. The largest absolute Gasteiger partial charge is 0.466 e. The van der Waals surface area contributed by atoms with Crippen LogP contribution in [0.1, 0.15) is 31.7 Å². The molecule has 0 saturated carbocycles. The second-order valence-electron chi connectivity index (χ2n) is 3.32. The maximum atomic E-state index is 13.4. The van der Waals surface area contributed by atoms with Crippen molar-refractivity contribution < 1.29 is 23.5 Å². The van der Waals surface area contributed by atoms with Crippen LogP contribution in [0.2, 0.25) is 0 Å². The Morgan fingerprint density at radius 1 is 1.33 bits per heavy atom. The molecule has 0 saturated heterocycles. The van der Waals surface area contributed by atoms with Gasteiger partial charge in [-0.25, -0.2) is 4.39 Å². The van der Waals surface area contributed by atoms with Crippen LogP contribution < -0.4 is 0 Å². The van der Waals surface area contributed by atoms with E-state index in [4.69, 9.17) is 14.3 Å². The molecule has 0 amide bonds. The molecule has 98 valence electrons. The SMILES string of the molecule is CCOC(=O)C(CC)c1ccccc1F.O=C=O. The summed E-state index contributed by atoms with van der Waals surface area (Å²) in [5, 5.41) is 0. The van der Waals surface area contributed by atoms with Gasteiger partial charge in [0.2, 0.25) is 0 Å². The maximum Gasteiger partial charge on any atom is 0.373 e. The topological polar surface area (TPSA) is 60.4 Å². The highest BCUT2D eigenvalue weighted by atomic mass is 19.1. The lowest BCUT2D eigenvalue weighted by atomic mass is 9.96. The minimum Gasteiger partial charge on any atom is -0.466 e. The van der Waals surface area contributed by atoms with E-state index in [2.05, 4.69) is 0 Å². The predicted molar refractivity (Wildman–Crippen MR) is 61.1 cm³/mol. The highest BCUT2D eigenvalue weighted by Crippen LogP contribution is 2.23. The molecule has 0 radical (unpaired) electrons. The van der Waals surface area contributed by atoms with Gasteiger partial charge in [-0.1, -0.05) is 25.1 Å². The number of halogens is 1. The summed E-state index contributed by atoms with van der Waals surface area (Å²) in [4.78, 5) is 27.8. The summed E-state index contributed by atoms with van der Waals surface area (Å²) in [6.45, 7) is 3.91. The zero-order chi connectivity index (χ0) is 14.0. The van der Waals surface area contributed by atoms with Gasteiger partial charge in [0.05, 0.1) is 12.5 Å². The zero-order valence-corrected chi connectivity index (χ0v) is 10.3. The molecule has 1 atom stereocenters. The first-order chi connectivity index (χ1) is 8.62. The molecule has 1 unspecified atom stereocenters. The van der Waals surface area contributed by atoms with Crippen LogP contribution in [0.15, 0.2) is 24.3 Å². The third-order valence-electron chi connectivity index (χ3n) is 2.26. The number of ether oxygens (including phenoxy) is 1. The van der Waals surface area contributed by atoms with E-state index in [1.54, 1.807) is 25.1 Å². The van der Waals surface area contributed by atoms with Crippen LogP contribution >= 0.6 is 0 Å². The minimum absolute atomic E-state index is 0.250. The normalized spacial score (nSPS) is 10.6. The summed E-state index contributed by atoms with van der Waals surface area (Å²) in [6.07, 6.45) is 0.791. The van der Waals surface area contributed by atoms with Gasteiger partial charge < -0.3 is 4.74 Å². The molecule has 0 aliphatic rings. The van der Waals surface area contributed by atoms with Crippen molar-refractivity contribution in [3.63, 3.8) is 0 Å². The smallest absolute Gasteiger partial charge is 0.373 e. The molecule has 0 aromatic heterocycles. The number of hydrogen-bond acceptors (Lipinski definition) is 4. The lowest BCUT2D eigenvalue weighted by Crippen LogP contribution is -2.16. The van der Waals surface area contributed by atoms with Crippen LogP contribution in [0.25, 0.3) is 0 Å². The number of benzene rings is 1. The zero-order valence-electron chi connectivity index (χ0n) is 10.3. The van der Waals surface area contributed by atoms with Crippen LogP contribution in [0.3, 0.4) is 0 Å². The van der Waals surface area contributed by atoms with Crippen LogP contribution in [0.5, 0.6) is 0 Å². The van der Waals surface area contributed by atoms with Crippen molar-refractivity contribution in [2.75, 3.05) is 6.61 Å². The van der Waals surface area contributed by atoms with Crippen LogP contribution in [-0.4, -0.2) is 18.7 Å². The summed E-state index contributed by atoms with van der Waals surface area (Å²) in [5.74, 6) is -1.20. The van der Waals surface area contributed by atoms with E-state index in [1.165, 1.54) is 6.07 Å². The summed E-state index contributed by atoms with van der Waals surface area (Å²) >= 11 is 0. The Kier molecular flexibility index (Phi) is 8.07. The Morgan fingerprint density at radius 2 is 1.89 bits per heavy atom. The molecule has 5 heteroatoms. The van der Waals surface area contributed by atoms with Gasteiger partial charge >= 0.3 is 12.1 Å². The van der Waals surface area contributed by atoms with Gasteiger partial charge in [-0.15, -0.1) is 0 Å². The summed E-state index contributed by atoms with van der Waals surface area (Å²) in [6, 6.07) is 6.31. The fourth-order valence-corrected chi connectivity index (χ4v) is 1.51. The molecule has 0 bridgehead atoms. The lowest BCUT2D eigenvalue weighted by Gasteiger charge is -2.14. The quantitative estimate of drug-likeness (QED) is 0.773. The van der Waals surface area contributed by atoms with Crippen LogP contribution in [0.4, 0.5) is 4.39 Å². The third kappa shape index (κ3) is 4.89. The standard InChI is InChI=1S/C12H15FO2.CO2/c1-3-9(12(14)15-4-2)10-7-5-6-8-11(10)13;2-1-3/h5-9H,3-4H2,1-2H3;. The van der Waals surface area contributed by atoms with Gasteiger partial charge in [-0.2, -0.15) is 9.59 Å². The predicted octanol–water partition coefficient (Wildman–Crippen LogP) is 2.30. The Bertz CT molecular complexity index is 411. The molecule has 0 spiro atoms. The van der Waals surface area contributed by atoms with E-state index in [0.717, 1.165) is 0 Å². The Labute approximate surface area is 105 Å². The number of hydrogen-bond donors (Lipinski definition) is 0. The van der Waals surface area contributed by atoms with Gasteiger partial charge in [-0.05, 0) is 19.4 Å². The Morgan fingerprint density at radius 3 is 2.33 bits per heavy atom. The Balaban J connectivity index is 0.000000873. The van der Waals surface area contributed by atoms with Crippen LogP contribution in [0, 0.1) is 5.82 Å². The maximum absolute atomic E-state index is 13.4. The summed E-state index contributed by atoms with van der Waals surface area (Å²) in [5.41, 5.74) is 0.415. The Hall–Kier alpha value is -2.00. The van der Waals surface area contributed by atoms with Crippen molar-refractivity contribution >= 4 is 12.1 Å². The van der Waals surface area contributed by atoms with Gasteiger partial charge in [-0.3, -0.25) is 4.79 Å². The van der Waals surface area contributed by atoms with Crippen molar-refractivity contribution in [1.29, 1.82) is 0 Å². The average Bonchev–Trinajstić information content (AvgIpc) is 2.34. The number of carbonyl (C=O) groups excluding carboxylic acids is 3. The van der Waals surface area contributed by atoms with Gasteiger partial charge in [0.1, 0.15) is 5.82 Å². The van der Waals surface area contributed by atoms with Gasteiger partial charge in [0.25, 0.3) is 0 Å². The third-order valence-corrected chi connectivity index (χ3v) is 2.26. The first-order valence-corrected chi connectivity index (χ1v) is 5.52. The van der Waals surface area contributed by atoms with E-state index in [-0.39, 0.29) is 17.9 Å². The van der Waals surface area contributed by atoms with Crippen molar-refractivity contribution in [3.05, 3.63) is 35.6 Å². The lowest BCUT2D eigenvalue weighted by molar-refractivity contribution is -0.191. The highest BCUT2D eigenvalue weighted by molar-refractivity contribution is 5.78. The molecule has 0 heterocycles. The van der Waals surface area contributed by atoms with Crippen molar-refractivity contribution in [1.82, 2.24) is 0 Å². The first-order valence-electron chi connectivity index (χ1n) is 5.52. The molecule has 0 aliphatic carbocycles. The second kappa shape index (κ2) is 9.07. The monoisotopic (exact) mass is 254 g/mol. The van der Waals surface area contributed by atoms with E-state index >= 15 is 0 Å². The second-order valence-corrected chi connectivity index (χ2v) is 3.32. The van der Waals surface area contributed by atoms with E-state index in [1.807, 2.05) is 6.92 Å².